The number of nitrogens with one attached hydrogen (secondary N) is 1. The molecular formula is C21H25N5OS. The van der Waals surface area contributed by atoms with Crippen LogP contribution in [0, 0.1) is 13.8 Å². The topological polar surface area (TPSA) is 72.7 Å². The zero-order valence-corrected chi connectivity index (χ0v) is 17.5. The molecule has 3 aromatic rings. The number of anilines is 1. The highest BCUT2D eigenvalue weighted by molar-refractivity contribution is 8.00. The quantitative estimate of drug-likeness (QED) is 0.597. The lowest BCUT2D eigenvalue weighted by molar-refractivity contribution is -0.115. The number of amides is 1. The number of para-hydroxylation sites is 1. The van der Waals surface area contributed by atoms with E-state index in [0.717, 1.165) is 46.3 Å². The lowest BCUT2D eigenvalue weighted by Gasteiger charge is -2.16. The van der Waals surface area contributed by atoms with Crippen LogP contribution in [0.2, 0.25) is 0 Å². The van der Waals surface area contributed by atoms with Gasteiger partial charge in [-0.25, -0.2) is 0 Å². The van der Waals surface area contributed by atoms with Gasteiger partial charge in [0.2, 0.25) is 5.91 Å². The van der Waals surface area contributed by atoms with Crippen molar-refractivity contribution in [1.29, 1.82) is 0 Å². The number of hydrogen-bond donors (Lipinski definition) is 1. The van der Waals surface area contributed by atoms with Crippen LogP contribution in [-0.2, 0) is 11.3 Å². The molecule has 146 valence electrons. The molecule has 2 aromatic heterocycles. The molecule has 0 fully saturated rings. The van der Waals surface area contributed by atoms with Gasteiger partial charge in [-0.05, 0) is 50.5 Å². The molecule has 1 aromatic carbocycles. The number of pyridine rings is 1. The van der Waals surface area contributed by atoms with Crippen LogP contribution in [0.25, 0.3) is 11.4 Å². The third kappa shape index (κ3) is 4.42. The van der Waals surface area contributed by atoms with Gasteiger partial charge in [-0.3, -0.25) is 9.78 Å². The number of thioether (sulfide) groups is 1. The third-order valence-corrected chi connectivity index (χ3v) is 5.55. The van der Waals surface area contributed by atoms with E-state index in [9.17, 15) is 4.79 Å². The van der Waals surface area contributed by atoms with E-state index < -0.39 is 0 Å². The Morgan fingerprint density at radius 1 is 1.18 bits per heavy atom. The predicted octanol–water partition coefficient (Wildman–Crippen LogP) is 4.49. The van der Waals surface area contributed by atoms with Crippen LogP contribution >= 0.6 is 11.8 Å². The smallest absolute Gasteiger partial charge is 0.237 e. The molecule has 0 aliphatic carbocycles. The van der Waals surface area contributed by atoms with Crippen molar-refractivity contribution in [2.24, 2.45) is 0 Å². The lowest BCUT2D eigenvalue weighted by atomic mass is 10.1. The maximum atomic E-state index is 12.8. The maximum absolute atomic E-state index is 12.8. The number of nitrogens with zero attached hydrogens (tertiary/aromatic N) is 4. The van der Waals surface area contributed by atoms with Gasteiger partial charge in [0.1, 0.15) is 0 Å². The number of aryl methyl sites for hydroxylation is 2. The molecule has 7 heteroatoms. The summed E-state index contributed by atoms with van der Waals surface area (Å²) >= 11 is 1.42. The first kappa shape index (κ1) is 20.1. The number of benzene rings is 1. The lowest BCUT2D eigenvalue weighted by Crippen LogP contribution is -2.24. The summed E-state index contributed by atoms with van der Waals surface area (Å²) in [5.41, 5.74) is 3.91. The summed E-state index contributed by atoms with van der Waals surface area (Å²) in [4.78, 5) is 16.9. The Bertz CT molecular complexity index is 934. The van der Waals surface area contributed by atoms with E-state index in [-0.39, 0.29) is 11.2 Å². The van der Waals surface area contributed by atoms with Crippen molar-refractivity contribution in [2.75, 3.05) is 5.32 Å². The highest BCUT2D eigenvalue weighted by Crippen LogP contribution is 2.28. The summed E-state index contributed by atoms with van der Waals surface area (Å²) < 4.78 is 2.06. The molecule has 0 spiro atoms. The third-order valence-electron chi connectivity index (χ3n) is 4.46. The van der Waals surface area contributed by atoms with Crippen molar-refractivity contribution in [3.8, 4) is 11.4 Å². The van der Waals surface area contributed by atoms with Crippen molar-refractivity contribution in [3.63, 3.8) is 0 Å². The largest absolute Gasteiger partial charge is 0.325 e. The van der Waals surface area contributed by atoms with Crippen LogP contribution in [0.3, 0.4) is 0 Å². The molecule has 1 amide bonds. The Balaban J connectivity index is 1.79. The molecule has 0 saturated carbocycles. The van der Waals surface area contributed by atoms with E-state index in [1.807, 2.05) is 51.1 Å². The summed E-state index contributed by atoms with van der Waals surface area (Å²) in [7, 11) is 0. The van der Waals surface area contributed by atoms with E-state index in [1.54, 1.807) is 12.4 Å². The number of carbonyl (C=O) groups is 1. The normalized spacial score (nSPS) is 12.0. The maximum Gasteiger partial charge on any atom is 0.237 e. The molecular weight excluding hydrogens is 370 g/mol. The molecule has 0 aliphatic heterocycles. The second-order valence-corrected chi connectivity index (χ2v) is 8.02. The first-order valence-electron chi connectivity index (χ1n) is 9.38. The van der Waals surface area contributed by atoms with Crippen LogP contribution in [0.1, 0.15) is 31.4 Å². The minimum Gasteiger partial charge on any atom is -0.325 e. The van der Waals surface area contributed by atoms with Crippen LogP contribution in [0.5, 0.6) is 0 Å². The van der Waals surface area contributed by atoms with E-state index in [4.69, 9.17) is 0 Å². The number of carbonyl (C=O) groups excluding carboxylic acids is 1. The molecule has 6 nitrogen and oxygen atoms in total. The Hall–Kier alpha value is -2.67. The van der Waals surface area contributed by atoms with Gasteiger partial charge in [-0.2, -0.15) is 0 Å². The monoisotopic (exact) mass is 395 g/mol. The number of aromatic nitrogens is 4. The fourth-order valence-electron chi connectivity index (χ4n) is 2.96. The summed E-state index contributed by atoms with van der Waals surface area (Å²) in [6.45, 7) is 8.78. The fraction of sp³-hybridized carbons (Fsp3) is 0.333. The molecule has 0 bridgehead atoms. The fourth-order valence-corrected chi connectivity index (χ4v) is 3.83. The predicted molar refractivity (Wildman–Crippen MR) is 113 cm³/mol. The first-order chi connectivity index (χ1) is 13.5. The van der Waals surface area contributed by atoms with E-state index >= 15 is 0 Å². The molecule has 0 radical (unpaired) electrons. The van der Waals surface area contributed by atoms with Gasteiger partial charge in [-0.15, -0.1) is 10.2 Å². The molecule has 28 heavy (non-hydrogen) atoms. The average Bonchev–Trinajstić information content (AvgIpc) is 3.08. The molecule has 0 saturated heterocycles. The van der Waals surface area contributed by atoms with Crippen LogP contribution < -0.4 is 5.32 Å². The minimum atomic E-state index is -0.305. The molecule has 0 unspecified atom stereocenters. The average molecular weight is 396 g/mol. The van der Waals surface area contributed by atoms with Crippen LogP contribution in [0.4, 0.5) is 5.69 Å². The van der Waals surface area contributed by atoms with Crippen molar-refractivity contribution < 1.29 is 4.79 Å². The standard InChI is InChI=1S/C21H25N5OS/c1-5-12-26-19(17-10-7-11-22-13-17)24-25-21(26)28-16(4)20(27)23-18-14(2)8-6-9-15(18)3/h6-11,13,16H,5,12H2,1-4H3,(H,23,27)/t16-/m0/s1. The first-order valence-corrected chi connectivity index (χ1v) is 10.3. The van der Waals surface area contributed by atoms with E-state index in [2.05, 4.69) is 32.0 Å². The van der Waals surface area contributed by atoms with Gasteiger partial charge in [0.05, 0.1) is 5.25 Å². The second-order valence-electron chi connectivity index (χ2n) is 6.72. The zero-order chi connectivity index (χ0) is 20.1. The van der Waals surface area contributed by atoms with Gasteiger partial charge in [-0.1, -0.05) is 36.9 Å². The van der Waals surface area contributed by atoms with Crippen molar-refractivity contribution in [3.05, 3.63) is 53.9 Å². The number of rotatable bonds is 7. The highest BCUT2D eigenvalue weighted by Gasteiger charge is 2.21. The summed E-state index contributed by atoms with van der Waals surface area (Å²) in [6.07, 6.45) is 4.46. The molecule has 1 atom stereocenters. The summed E-state index contributed by atoms with van der Waals surface area (Å²) in [5, 5.41) is 12.2. The summed E-state index contributed by atoms with van der Waals surface area (Å²) in [5.74, 6) is 0.733. The molecule has 0 aliphatic rings. The van der Waals surface area contributed by atoms with Crippen molar-refractivity contribution in [1.82, 2.24) is 19.7 Å². The Kier molecular flexibility index (Phi) is 6.46. The minimum absolute atomic E-state index is 0.0450. The summed E-state index contributed by atoms with van der Waals surface area (Å²) in [6, 6.07) is 9.84. The van der Waals surface area contributed by atoms with Crippen molar-refractivity contribution in [2.45, 2.75) is 51.1 Å². The SMILES string of the molecule is CCCn1c(S[C@@H](C)C(=O)Nc2c(C)cccc2C)nnc1-c1cccnc1. The van der Waals surface area contributed by atoms with Crippen molar-refractivity contribution >= 4 is 23.4 Å². The van der Waals surface area contributed by atoms with Gasteiger partial charge in [0.15, 0.2) is 11.0 Å². The zero-order valence-electron chi connectivity index (χ0n) is 16.6. The van der Waals surface area contributed by atoms with Gasteiger partial charge >= 0.3 is 0 Å². The highest BCUT2D eigenvalue weighted by atomic mass is 32.2. The molecule has 2 heterocycles. The van der Waals surface area contributed by atoms with E-state index in [1.165, 1.54) is 11.8 Å². The van der Waals surface area contributed by atoms with Gasteiger partial charge < -0.3 is 9.88 Å². The van der Waals surface area contributed by atoms with Gasteiger partial charge in [0, 0.05) is 30.2 Å². The van der Waals surface area contributed by atoms with E-state index in [0.29, 0.717) is 0 Å². The molecule has 1 N–H and O–H groups in total. The Morgan fingerprint density at radius 2 is 1.93 bits per heavy atom. The van der Waals surface area contributed by atoms with Gasteiger partial charge in [0.25, 0.3) is 0 Å². The van der Waals surface area contributed by atoms with Crippen LogP contribution in [0.15, 0.2) is 47.9 Å². The molecule has 3 rings (SSSR count). The Morgan fingerprint density at radius 3 is 2.57 bits per heavy atom. The second kappa shape index (κ2) is 9.01. The number of hydrogen-bond acceptors (Lipinski definition) is 5. The Labute approximate surface area is 169 Å². The van der Waals surface area contributed by atoms with Crippen LogP contribution in [-0.4, -0.2) is 30.9 Å².